The fraction of sp³-hybridized carbons (Fsp3) is 1.00. The van der Waals surface area contributed by atoms with Crippen molar-refractivity contribution in [3.05, 3.63) is 0 Å². The first-order valence-electron chi connectivity index (χ1n) is 6.87. The van der Waals surface area contributed by atoms with Gasteiger partial charge < -0.3 is 10.1 Å². The van der Waals surface area contributed by atoms with Gasteiger partial charge in [0.25, 0.3) is 0 Å². The van der Waals surface area contributed by atoms with Crippen LogP contribution < -0.4 is 5.32 Å². The summed E-state index contributed by atoms with van der Waals surface area (Å²) in [5.41, 5.74) is 0. The third kappa shape index (κ3) is 10.4. The highest BCUT2D eigenvalue weighted by molar-refractivity contribution is 4.70. The van der Waals surface area contributed by atoms with Gasteiger partial charge in [-0.25, -0.2) is 0 Å². The summed E-state index contributed by atoms with van der Waals surface area (Å²) in [6.45, 7) is 14.1. The summed E-state index contributed by atoms with van der Waals surface area (Å²) in [6.07, 6.45) is 3.69. The van der Waals surface area contributed by atoms with Crippen molar-refractivity contribution in [2.45, 2.75) is 59.9 Å². The van der Waals surface area contributed by atoms with Crippen LogP contribution in [0.15, 0.2) is 0 Å². The van der Waals surface area contributed by atoms with E-state index in [1.165, 1.54) is 12.8 Å². The quantitative estimate of drug-likeness (QED) is 0.579. The Kier molecular flexibility index (Phi) is 10.0. The molecule has 0 aromatic heterocycles. The van der Waals surface area contributed by atoms with Gasteiger partial charge in [0.15, 0.2) is 0 Å². The van der Waals surface area contributed by atoms with Gasteiger partial charge in [-0.2, -0.15) is 0 Å². The molecule has 0 saturated heterocycles. The zero-order valence-corrected chi connectivity index (χ0v) is 11.9. The van der Waals surface area contributed by atoms with Crippen LogP contribution in [0.5, 0.6) is 0 Å². The van der Waals surface area contributed by atoms with Crippen LogP contribution in [0.3, 0.4) is 0 Å². The van der Waals surface area contributed by atoms with Crippen LogP contribution in [0.4, 0.5) is 0 Å². The normalized spacial score (nSPS) is 12.0. The van der Waals surface area contributed by atoms with Crippen molar-refractivity contribution in [3.8, 4) is 0 Å². The Labute approximate surface area is 102 Å². The van der Waals surface area contributed by atoms with E-state index in [-0.39, 0.29) is 0 Å². The Morgan fingerprint density at radius 1 is 1.00 bits per heavy atom. The van der Waals surface area contributed by atoms with Gasteiger partial charge in [-0.3, -0.25) is 0 Å². The van der Waals surface area contributed by atoms with Gasteiger partial charge in [-0.05, 0) is 44.6 Å². The molecule has 0 rings (SSSR count). The van der Waals surface area contributed by atoms with Gasteiger partial charge in [0, 0.05) is 19.3 Å². The molecule has 16 heavy (non-hydrogen) atoms. The summed E-state index contributed by atoms with van der Waals surface area (Å²) in [6, 6.07) is 0.682. The molecule has 0 aromatic carbocycles. The number of hydrogen-bond acceptors (Lipinski definition) is 2. The molecule has 2 nitrogen and oxygen atoms in total. The molecule has 0 aliphatic rings. The Bertz CT molecular complexity index is 136. The predicted molar refractivity (Wildman–Crippen MR) is 71.8 cm³/mol. The molecule has 1 N–H and O–H groups in total. The molecule has 0 fully saturated rings. The van der Waals surface area contributed by atoms with E-state index < -0.39 is 0 Å². The van der Waals surface area contributed by atoms with E-state index >= 15 is 0 Å². The minimum Gasteiger partial charge on any atom is -0.382 e. The largest absolute Gasteiger partial charge is 0.382 e. The van der Waals surface area contributed by atoms with E-state index in [2.05, 4.69) is 33.0 Å². The SMILES string of the molecule is CCOCCCNC(CC(C)C)CC(C)C. The zero-order valence-electron chi connectivity index (χ0n) is 11.9. The average molecular weight is 229 g/mol. The average Bonchev–Trinajstić information content (AvgIpc) is 2.15. The third-order valence-corrected chi connectivity index (χ3v) is 2.61. The van der Waals surface area contributed by atoms with Crippen LogP contribution in [-0.4, -0.2) is 25.8 Å². The molecule has 0 unspecified atom stereocenters. The van der Waals surface area contributed by atoms with Gasteiger partial charge in [0.2, 0.25) is 0 Å². The van der Waals surface area contributed by atoms with Gasteiger partial charge in [-0.15, -0.1) is 0 Å². The molecule has 98 valence electrons. The molecule has 0 aliphatic carbocycles. The highest BCUT2D eigenvalue weighted by Crippen LogP contribution is 2.13. The van der Waals surface area contributed by atoms with Crippen LogP contribution >= 0.6 is 0 Å². The summed E-state index contributed by atoms with van der Waals surface area (Å²) in [7, 11) is 0. The van der Waals surface area contributed by atoms with Gasteiger partial charge in [0.1, 0.15) is 0 Å². The first kappa shape index (κ1) is 15.9. The van der Waals surface area contributed by atoms with Crippen LogP contribution in [0.2, 0.25) is 0 Å². The standard InChI is InChI=1S/C14H31NO/c1-6-16-9-7-8-15-14(10-12(2)3)11-13(4)5/h12-15H,6-11H2,1-5H3. The number of ether oxygens (including phenoxy) is 1. The van der Waals surface area contributed by atoms with Crippen molar-refractivity contribution >= 4 is 0 Å². The molecule has 0 bridgehead atoms. The molecular weight excluding hydrogens is 198 g/mol. The molecule has 0 heterocycles. The van der Waals surface area contributed by atoms with E-state index in [0.717, 1.165) is 38.0 Å². The maximum Gasteiger partial charge on any atom is 0.0477 e. The van der Waals surface area contributed by atoms with Crippen molar-refractivity contribution in [1.29, 1.82) is 0 Å². The fourth-order valence-corrected chi connectivity index (χ4v) is 2.03. The maximum atomic E-state index is 5.34. The van der Waals surface area contributed by atoms with Crippen molar-refractivity contribution < 1.29 is 4.74 Å². The van der Waals surface area contributed by atoms with E-state index in [0.29, 0.717) is 6.04 Å². The number of rotatable bonds is 10. The van der Waals surface area contributed by atoms with Gasteiger partial charge >= 0.3 is 0 Å². The summed E-state index contributed by atoms with van der Waals surface area (Å²) in [4.78, 5) is 0. The second kappa shape index (κ2) is 10.1. The minimum absolute atomic E-state index is 0.682. The first-order valence-corrected chi connectivity index (χ1v) is 6.87. The molecule has 0 aliphatic heterocycles. The van der Waals surface area contributed by atoms with Crippen LogP contribution in [0.25, 0.3) is 0 Å². The number of nitrogens with one attached hydrogen (secondary N) is 1. The highest BCUT2D eigenvalue weighted by atomic mass is 16.5. The Morgan fingerprint density at radius 3 is 2.00 bits per heavy atom. The molecule has 0 amide bonds. The second-order valence-electron chi connectivity index (χ2n) is 5.46. The topological polar surface area (TPSA) is 21.3 Å². The zero-order chi connectivity index (χ0) is 12.4. The Hall–Kier alpha value is -0.0800. The van der Waals surface area contributed by atoms with Crippen LogP contribution in [0, 0.1) is 11.8 Å². The van der Waals surface area contributed by atoms with Crippen molar-refractivity contribution in [2.24, 2.45) is 11.8 Å². The van der Waals surface area contributed by atoms with Crippen molar-refractivity contribution in [1.82, 2.24) is 5.32 Å². The first-order chi connectivity index (χ1) is 7.56. The lowest BCUT2D eigenvalue weighted by Gasteiger charge is -2.22. The predicted octanol–water partition coefficient (Wildman–Crippen LogP) is 3.46. The lowest BCUT2D eigenvalue weighted by Crippen LogP contribution is -2.33. The summed E-state index contributed by atoms with van der Waals surface area (Å²) < 4.78 is 5.34. The minimum atomic E-state index is 0.682. The molecule has 0 aromatic rings. The van der Waals surface area contributed by atoms with Crippen molar-refractivity contribution in [2.75, 3.05) is 19.8 Å². The Morgan fingerprint density at radius 2 is 1.56 bits per heavy atom. The maximum absolute atomic E-state index is 5.34. The smallest absolute Gasteiger partial charge is 0.0477 e. The highest BCUT2D eigenvalue weighted by Gasteiger charge is 2.11. The van der Waals surface area contributed by atoms with E-state index in [1.54, 1.807) is 0 Å². The Balaban J connectivity index is 3.65. The molecule has 0 spiro atoms. The second-order valence-corrected chi connectivity index (χ2v) is 5.46. The molecular formula is C14H31NO. The third-order valence-electron chi connectivity index (χ3n) is 2.61. The van der Waals surface area contributed by atoms with Crippen LogP contribution in [-0.2, 0) is 4.74 Å². The molecule has 0 radical (unpaired) electrons. The van der Waals surface area contributed by atoms with Gasteiger partial charge in [0.05, 0.1) is 0 Å². The monoisotopic (exact) mass is 229 g/mol. The lowest BCUT2D eigenvalue weighted by atomic mass is 9.95. The molecule has 0 atom stereocenters. The van der Waals surface area contributed by atoms with E-state index in [9.17, 15) is 0 Å². The van der Waals surface area contributed by atoms with Crippen molar-refractivity contribution in [3.63, 3.8) is 0 Å². The molecule has 0 saturated carbocycles. The molecule has 2 heteroatoms. The van der Waals surface area contributed by atoms with Crippen LogP contribution in [0.1, 0.15) is 53.9 Å². The fourth-order valence-electron chi connectivity index (χ4n) is 2.03. The summed E-state index contributed by atoms with van der Waals surface area (Å²) in [5, 5.41) is 3.66. The van der Waals surface area contributed by atoms with Gasteiger partial charge in [-0.1, -0.05) is 27.7 Å². The number of hydrogen-bond donors (Lipinski definition) is 1. The summed E-state index contributed by atoms with van der Waals surface area (Å²) >= 11 is 0. The lowest BCUT2D eigenvalue weighted by molar-refractivity contribution is 0.143. The van der Waals surface area contributed by atoms with E-state index in [4.69, 9.17) is 4.74 Å². The summed E-state index contributed by atoms with van der Waals surface area (Å²) in [5.74, 6) is 1.56. The van der Waals surface area contributed by atoms with E-state index in [1.807, 2.05) is 6.92 Å².